The summed E-state index contributed by atoms with van der Waals surface area (Å²) in [6.07, 6.45) is 0.0640. The average Bonchev–Trinajstić information content (AvgIpc) is 2.72. The molecule has 1 aromatic carbocycles. The molecule has 1 aliphatic heterocycles. The molecule has 1 atom stereocenters. The minimum Gasteiger partial charge on any atom is -0.507 e. The van der Waals surface area contributed by atoms with Crippen molar-refractivity contribution in [1.82, 2.24) is 0 Å². The van der Waals surface area contributed by atoms with Gasteiger partial charge in [0.25, 0.3) is 0 Å². The van der Waals surface area contributed by atoms with Crippen LogP contribution in [0, 0.1) is 0 Å². The van der Waals surface area contributed by atoms with Gasteiger partial charge < -0.3 is 19.2 Å². The maximum absolute atomic E-state index is 12.1. The zero-order valence-corrected chi connectivity index (χ0v) is 17.2. The molecule has 1 fully saturated rings. The first-order valence-electron chi connectivity index (χ1n) is 9.05. The number of hydrogen-bond acceptors (Lipinski definition) is 5. The molecule has 0 bridgehead atoms. The Labute approximate surface area is 157 Å². The highest BCUT2D eigenvalue weighted by atomic mass is 16.7. The molecule has 0 amide bonds. The largest absolute Gasteiger partial charge is 0.507 e. The first kappa shape index (κ1) is 20.8. The SMILES string of the molecule is COC(=O)CC(B1OC(C)(C)C(C)(C)O1)c1cccc(C(C)(C)C)c1O. The van der Waals surface area contributed by atoms with Gasteiger partial charge in [0.2, 0.25) is 0 Å². The Morgan fingerprint density at radius 2 is 1.73 bits per heavy atom. The van der Waals surface area contributed by atoms with Crippen molar-refractivity contribution in [2.75, 3.05) is 7.11 Å². The Morgan fingerprint density at radius 3 is 2.19 bits per heavy atom. The number of aromatic hydroxyl groups is 1. The molecule has 6 heteroatoms. The Hall–Kier alpha value is -1.53. The lowest BCUT2D eigenvalue weighted by molar-refractivity contribution is -0.140. The fourth-order valence-electron chi connectivity index (χ4n) is 3.13. The highest BCUT2D eigenvalue weighted by Crippen LogP contribution is 2.45. The lowest BCUT2D eigenvalue weighted by atomic mass is 9.65. The van der Waals surface area contributed by atoms with E-state index in [0.29, 0.717) is 5.56 Å². The summed E-state index contributed by atoms with van der Waals surface area (Å²) in [6.45, 7) is 14.0. The third-order valence-corrected chi connectivity index (χ3v) is 5.49. The zero-order chi connectivity index (χ0) is 19.9. The molecule has 1 aliphatic rings. The number of carbonyl (C=O) groups excluding carboxylic acids is 1. The molecule has 1 aromatic rings. The zero-order valence-electron chi connectivity index (χ0n) is 17.2. The van der Waals surface area contributed by atoms with Crippen LogP contribution in [0.4, 0.5) is 0 Å². The van der Waals surface area contributed by atoms with E-state index in [2.05, 4.69) is 0 Å². The van der Waals surface area contributed by atoms with Gasteiger partial charge >= 0.3 is 13.1 Å². The molecule has 0 aromatic heterocycles. The summed E-state index contributed by atoms with van der Waals surface area (Å²) >= 11 is 0. The van der Waals surface area contributed by atoms with Crippen molar-refractivity contribution in [2.45, 2.75) is 77.3 Å². The number of esters is 1. The topological polar surface area (TPSA) is 65.0 Å². The van der Waals surface area contributed by atoms with Gasteiger partial charge in [-0.05, 0) is 44.2 Å². The van der Waals surface area contributed by atoms with Crippen molar-refractivity contribution >= 4 is 13.1 Å². The normalized spacial score (nSPS) is 20.1. The Balaban J connectivity index is 2.49. The summed E-state index contributed by atoms with van der Waals surface area (Å²) < 4.78 is 17.2. The highest BCUT2D eigenvalue weighted by Gasteiger charge is 2.54. The molecule has 5 nitrogen and oxygen atoms in total. The summed E-state index contributed by atoms with van der Waals surface area (Å²) in [7, 11) is 0.704. The molecule has 1 saturated heterocycles. The monoisotopic (exact) mass is 362 g/mol. The number of hydrogen-bond donors (Lipinski definition) is 1. The third kappa shape index (κ3) is 3.91. The van der Waals surface area contributed by atoms with Gasteiger partial charge in [0, 0.05) is 5.82 Å². The number of carbonyl (C=O) groups is 1. The van der Waals surface area contributed by atoms with Crippen LogP contribution in [0.2, 0.25) is 0 Å². The van der Waals surface area contributed by atoms with E-state index in [9.17, 15) is 9.90 Å². The molecule has 0 radical (unpaired) electrons. The Kier molecular flexibility index (Phi) is 5.51. The van der Waals surface area contributed by atoms with Crippen molar-refractivity contribution in [3.63, 3.8) is 0 Å². The van der Waals surface area contributed by atoms with Gasteiger partial charge in [0.15, 0.2) is 0 Å². The highest BCUT2D eigenvalue weighted by molar-refractivity contribution is 6.48. The number of para-hydroxylation sites is 1. The van der Waals surface area contributed by atoms with Gasteiger partial charge in [0.1, 0.15) is 5.75 Å². The predicted octanol–water partition coefficient (Wildman–Crippen LogP) is 3.97. The second kappa shape index (κ2) is 6.89. The minimum atomic E-state index is -0.653. The molecular formula is C20H31BO5. The molecule has 1 unspecified atom stereocenters. The second-order valence-electron chi connectivity index (χ2n) is 9.00. The number of ether oxygens (including phenoxy) is 1. The van der Waals surface area contributed by atoms with Crippen LogP contribution in [0.3, 0.4) is 0 Å². The van der Waals surface area contributed by atoms with Crippen molar-refractivity contribution in [3.05, 3.63) is 29.3 Å². The Morgan fingerprint density at radius 1 is 1.19 bits per heavy atom. The number of phenols is 1. The standard InChI is InChI=1S/C20H31BO5/c1-18(2,3)14-11-9-10-13(17(14)23)15(12-16(22)24-8)21-25-19(4,5)20(6,7)26-21/h9-11,15,23H,12H2,1-8H3. The summed E-state index contributed by atoms with van der Waals surface area (Å²) in [5.74, 6) is -0.653. The van der Waals surface area contributed by atoms with Crippen LogP contribution in [-0.2, 0) is 24.3 Å². The Bertz CT molecular complexity index is 659. The van der Waals surface area contributed by atoms with Crippen LogP contribution >= 0.6 is 0 Å². The number of methoxy groups -OCH3 is 1. The van der Waals surface area contributed by atoms with E-state index in [1.165, 1.54) is 7.11 Å². The molecule has 1 heterocycles. The van der Waals surface area contributed by atoms with Gasteiger partial charge in [-0.2, -0.15) is 0 Å². The van der Waals surface area contributed by atoms with Crippen LogP contribution < -0.4 is 0 Å². The van der Waals surface area contributed by atoms with E-state index >= 15 is 0 Å². The maximum atomic E-state index is 12.1. The van der Waals surface area contributed by atoms with Crippen LogP contribution in [0.5, 0.6) is 5.75 Å². The van der Waals surface area contributed by atoms with Crippen molar-refractivity contribution in [1.29, 1.82) is 0 Å². The van der Waals surface area contributed by atoms with Gasteiger partial charge in [-0.25, -0.2) is 0 Å². The van der Waals surface area contributed by atoms with Crippen LogP contribution in [-0.4, -0.2) is 36.5 Å². The van der Waals surface area contributed by atoms with E-state index in [1.807, 2.05) is 66.7 Å². The van der Waals surface area contributed by atoms with Gasteiger partial charge in [-0.3, -0.25) is 4.79 Å². The molecule has 144 valence electrons. The molecule has 0 spiro atoms. The number of rotatable bonds is 4. The van der Waals surface area contributed by atoms with Crippen molar-refractivity contribution in [2.24, 2.45) is 0 Å². The summed E-state index contributed by atoms with van der Waals surface area (Å²) in [5, 5.41) is 10.9. The van der Waals surface area contributed by atoms with E-state index in [-0.39, 0.29) is 23.6 Å². The second-order valence-corrected chi connectivity index (χ2v) is 9.00. The van der Waals surface area contributed by atoms with Crippen LogP contribution in [0.15, 0.2) is 18.2 Å². The summed E-state index contributed by atoms with van der Waals surface area (Å²) in [4.78, 5) is 12.1. The number of benzene rings is 1. The quantitative estimate of drug-likeness (QED) is 0.649. The minimum absolute atomic E-state index is 0.0640. The fraction of sp³-hybridized carbons (Fsp3) is 0.650. The third-order valence-electron chi connectivity index (χ3n) is 5.49. The molecule has 2 rings (SSSR count). The molecule has 0 saturated carbocycles. The van der Waals surface area contributed by atoms with Gasteiger partial charge in [0.05, 0.1) is 24.7 Å². The summed E-state index contributed by atoms with van der Waals surface area (Å²) in [5.41, 5.74) is 0.182. The smallest absolute Gasteiger partial charge is 0.466 e. The van der Waals surface area contributed by atoms with E-state index in [4.69, 9.17) is 14.0 Å². The molecule has 26 heavy (non-hydrogen) atoms. The molecular weight excluding hydrogens is 331 g/mol. The lowest BCUT2D eigenvalue weighted by Gasteiger charge is -2.32. The first-order chi connectivity index (χ1) is 11.8. The maximum Gasteiger partial charge on any atom is 0.466 e. The first-order valence-corrected chi connectivity index (χ1v) is 9.05. The van der Waals surface area contributed by atoms with Crippen molar-refractivity contribution < 1.29 is 23.9 Å². The van der Waals surface area contributed by atoms with Crippen LogP contribution in [0.25, 0.3) is 0 Å². The van der Waals surface area contributed by atoms with Gasteiger partial charge in [-0.15, -0.1) is 0 Å². The summed E-state index contributed by atoms with van der Waals surface area (Å²) in [6, 6.07) is 5.62. The fourth-order valence-corrected chi connectivity index (χ4v) is 3.13. The van der Waals surface area contributed by atoms with Gasteiger partial charge in [-0.1, -0.05) is 39.0 Å². The average molecular weight is 362 g/mol. The number of phenolic OH excluding ortho intramolecular Hbond substituents is 1. The lowest BCUT2D eigenvalue weighted by Crippen LogP contribution is -2.41. The van der Waals surface area contributed by atoms with E-state index in [0.717, 1.165) is 5.56 Å². The van der Waals surface area contributed by atoms with Crippen LogP contribution in [0.1, 0.15) is 71.8 Å². The molecule has 1 N–H and O–H groups in total. The van der Waals surface area contributed by atoms with E-state index < -0.39 is 24.1 Å². The van der Waals surface area contributed by atoms with E-state index in [1.54, 1.807) is 0 Å². The molecule has 0 aliphatic carbocycles. The predicted molar refractivity (Wildman–Crippen MR) is 102 cm³/mol. The van der Waals surface area contributed by atoms with Crippen molar-refractivity contribution in [3.8, 4) is 5.75 Å².